The lowest BCUT2D eigenvalue weighted by molar-refractivity contribution is -0.147. The summed E-state index contributed by atoms with van der Waals surface area (Å²) in [7, 11) is 1.25. The van der Waals surface area contributed by atoms with Crippen LogP contribution in [0, 0.1) is 12.7 Å². The Bertz CT molecular complexity index is 506. The number of halogens is 1. The van der Waals surface area contributed by atoms with Crippen LogP contribution in [0.25, 0.3) is 0 Å². The summed E-state index contributed by atoms with van der Waals surface area (Å²) in [5.41, 5.74) is -0.653. The molecule has 0 amide bonds. The quantitative estimate of drug-likeness (QED) is 0.868. The van der Waals surface area contributed by atoms with E-state index in [4.69, 9.17) is 4.74 Å². The Balaban J connectivity index is 2.65. The van der Waals surface area contributed by atoms with Crippen molar-refractivity contribution >= 4 is 5.97 Å². The Morgan fingerprint density at radius 3 is 2.50 bits per heavy atom. The van der Waals surface area contributed by atoms with E-state index in [1.807, 2.05) is 0 Å². The summed E-state index contributed by atoms with van der Waals surface area (Å²) in [4.78, 5) is 11.4. The first-order valence-corrected chi connectivity index (χ1v) is 5.74. The van der Waals surface area contributed by atoms with E-state index >= 15 is 0 Å². The number of aliphatic carboxylic acids is 1. The van der Waals surface area contributed by atoms with Crippen LogP contribution < -0.4 is 4.74 Å². The number of hydrogen-bond donors (Lipinski definition) is 2. The highest BCUT2D eigenvalue weighted by atomic mass is 19.1. The monoisotopic (exact) mass is 254 g/mol. The van der Waals surface area contributed by atoms with Crippen molar-refractivity contribution in [3.63, 3.8) is 0 Å². The number of phenols is 1. The van der Waals surface area contributed by atoms with Gasteiger partial charge in [-0.3, -0.25) is 4.79 Å². The minimum atomic E-state index is -1.17. The van der Waals surface area contributed by atoms with Crippen LogP contribution in [0.15, 0.2) is 6.07 Å². The molecule has 0 spiro atoms. The highest BCUT2D eigenvalue weighted by molar-refractivity contribution is 5.83. The van der Waals surface area contributed by atoms with Gasteiger partial charge in [-0.1, -0.05) is 6.42 Å². The molecular formula is C13H15FO4. The molecule has 0 aromatic heterocycles. The maximum Gasteiger partial charge on any atom is 0.314 e. The predicted octanol–water partition coefficient (Wildman–Crippen LogP) is 2.35. The van der Waals surface area contributed by atoms with Gasteiger partial charge in [0.05, 0.1) is 12.5 Å². The van der Waals surface area contributed by atoms with Gasteiger partial charge in [0.25, 0.3) is 0 Å². The molecule has 1 aliphatic rings. The second kappa shape index (κ2) is 4.15. The van der Waals surface area contributed by atoms with Crippen LogP contribution >= 0.6 is 0 Å². The van der Waals surface area contributed by atoms with Gasteiger partial charge in [0, 0.05) is 5.56 Å². The van der Waals surface area contributed by atoms with E-state index in [1.165, 1.54) is 13.2 Å². The first-order valence-electron chi connectivity index (χ1n) is 5.74. The van der Waals surface area contributed by atoms with Crippen LogP contribution in [0.3, 0.4) is 0 Å². The molecule has 2 rings (SSSR count). The minimum Gasteiger partial charge on any atom is -0.504 e. The van der Waals surface area contributed by atoms with Crippen LogP contribution in [0.2, 0.25) is 0 Å². The molecule has 0 atom stereocenters. The molecule has 1 fully saturated rings. The van der Waals surface area contributed by atoms with Crippen molar-refractivity contribution in [3.8, 4) is 11.5 Å². The molecule has 18 heavy (non-hydrogen) atoms. The number of benzene rings is 1. The second-order valence-corrected chi connectivity index (χ2v) is 4.68. The average molecular weight is 254 g/mol. The van der Waals surface area contributed by atoms with Crippen LogP contribution in [0.4, 0.5) is 4.39 Å². The minimum absolute atomic E-state index is 0.105. The maximum absolute atomic E-state index is 14.2. The fourth-order valence-corrected chi connectivity index (χ4v) is 2.42. The molecular weight excluding hydrogens is 239 g/mol. The number of aromatic hydroxyl groups is 1. The van der Waals surface area contributed by atoms with Gasteiger partial charge in [-0.25, -0.2) is 4.39 Å². The number of ether oxygens (including phenoxy) is 1. The van der Waals surface area contributed by atoms with Crippen molar-refractivity contribution in [1.82, 2.24) is 0 Å². The highest BCUT2D eigenvalue weighted by Crippen LogP contribution is 2.48. The van der Waals surface area contributed by atoms with E-state index < -0.39 is 17.2 Å². The molecule has 0 heterocycles. The third-order valence-electron chi connectivity index (χ3n) is 3.72. The Kier molecular flexibility index (Phi) is 2.92. The summed E-state index contributed by atoms with van der Waals surface area (Å²) in [5, 5.41) is 19.0. The van der Waals surface area contributed by atoms with Gasteiger partial charge in [0.2, 0.25) is 0 Å². The first-order chi connectivity index (χ1) is 8.44. The molecule has 0 bridgehead atoms. The third kappa shape index (κ3) is 1.54. The predicted molar refractivity (Wildman–Crippen MR) is 62.5 cm³/mol. The van der Waals surface area contributed by atoms with Crippen LogP contribution in [0.1, 0.15) is 30.4 Å². The molecule has 1 aromatic carbocycles. The van der Waals surface area contributed by atoms with Gasteiger partial charge in [0.15, 0.2) is 17.3 Å². The normalized spacial score (nSPS) is 17.1. The van der Waals surface area contributed by atoms with Crippen molar-refractivity contribution < 1.29 is 24.1 Å². The molecule has 1 aliphatic carbocycles. The molecule has 0 aliphatic heterocycles. The van der Waals surface area contributed by atoms with Crippen LogP contribution in [0.5, 0.6) is 11.5 Å². The molecule has 98 valence electrons. The van der Waals surface area contributed by atoms with Crippen molar-refractivity contribution in [2.24, 2.45) is 0 Å². The largest absolute Gasteiger partial charge is 0.504 e. The van der Waals surface area contributed by atoms with Gasteiger partial charge >= 0.3 is 5.97 Å². The molecule has 5 heteroatoms. The van der Waals surface area contributed by atoms with Gasteiger partial charge < -0.3 is 14.9 Å². The molecule has 0 unspecified atom stereocenters. The Hall–Kier alpha value is -1.78. The number of carbonyl (C=O) groups is 1. The summed E-state index contributed by atoms with van der Waals surface area (Å²) in [6.45, 7) is 1.59. The number of hydrogen-bond acceptors (Lipinski definition) is 3. The summed E-state index contributed by atoms with van der Waals surface area (Å²) in [5.74, 6) is -2.36. The van der Waals surface area contributed by atoms with Crippen molar-refractivity contribution in [2.45, 2.75) is 31.6 Å². The second-order valence-electron chi connectivity index (χ2n) is 4.68. The van der Waals surface area contributed by atoms with Crippen molar-refractivity contribution in [1.29, 1.82) is 0 Å². The van der Waals surface area contributed by atoms with Crippen LogP contribution in [-0.4, -0.2) is 23.3 Å². The lowest BCUT2D eigenvalue weighted by atomic mass is 9.64. The van der Waals surface area contributed by atoms with E-state index in [1.54, 1.807) is 6.92 Å². The van der Waals surface area contributed by atoms with Crippen molar-refractivity contribution in [3.05, 3.63) is 23.0 Å². The van der Waals surface area contributed by atoms with Gasteiger partial charge in [0.1, 0.15) is 0 Å². The van der Waals surface area contributed by atoms with Gasteiger partial charge in [-0.05, 0) is 31.4 Å². The van der Waals surface area contributed by atoms with Crippen LogP contribution in [-0.2, 0) is 10.2 Å². The van der Waals surface area contributed by atoms with E-state index in [9.17, 15) is 19.4 Å². The van der Waals surface area contributed by atoms with E-state index in [2.05, 4.69) is 0 Å². The highest BCUT2D eigenvalue weighted by Gasteiger charge is 2.48. The summed E-state index contributed by atoms with van der Waals surface area (Å²) in [6.07, 6.45) is 1.58. The van der Waals surface area contributed by atoms with Gasteiger partial charge in [-0.15, -0.1) is 0 Å². The number of methoxy groups -OCH3 is 1. The van der Waals surface area contributed by atoms with E-state index in [0.717, 1.165) is 6.42 Å². The zero-order valence-electron chi connectivity index (χ0n) is 10.3. The fourth-order valence-electron chi connectivity index (χ4n) is 2.42. The molecule has 1 saturated carbocycles. The van der Waals surface area contributed by atoms with E-state index in [0.29, 0.717) is 18.4 Å². The average Bonchev–Trinajstić information content (AvgIpc) is 2.24. The molecule has 4 nitrogen and oxygen atoms in total. The SMILES string of the molecule is COc1c(O)c(C)cc(C2(C(=O)O)CCC2)c1F. The lowest BCUT2D eigenvalue weighted by Crippen LogP contribution is -2.43. The molecule has 2 N–H and O–H groups in total. The number of carboxylic acids is 1. The van der Waals surface area contributed by atoms with E-state index in [-0.39, 0.29) is 17.1 Å². The standard InChI is InChI=1S/C13H15FO4/c1-7-6-8(9(14)11(18-2)10(7)15)13(12(16)17)4-3-5-13/h6,15H,3-5H2,1-2H3,(H,16,17). The zero-order valence-corrected chi connectivity index (χ0v) is 10.3. The zero-order chi connectivity index (χ0) is 13.5. The number of rotatable bonds is 3. The number of phenolic OH excluding ortho intramolecular Hbond substituents is 1. The smallest absolute Gasteiger partial charge is 0.314 e. The topological polar surface area (TPSA) is 66.8 Å². The fraction of sp³-hybridized carbons (Fsp3) is 0.462. The maximum atomic E-state index is 14.2. The van der Waals surface area contributed by atoms with Crippen molar-refractivity contribution in [2.75, 3.05) is 7.11 Å². The lowest BCUT2D eigenvalue weighted by Gasteiger charge is -2.38. The Labute approximate surface area is 104 Å². The number of aryl methyl sites for hydroxylation is 1. The first kappa shape index (κ1) is 12.7. The molecule has 0 radical (unpaired) electrons. The Morgan fingerprint density at radius 2 is 2.11 bits per heavy atom. The number of carboxylic acid groups (broad SMARTS) is 1. The van der Waals surface area contributed by atoms with Gasteiger partial charge in [-0.2, -0.15) is 0 Å². The molecule has 1 aromatic rings. The Morgan fingerprint density at radius 1 is 1.50 bits per heavy atom. The molecule has 0 saturated heterocycles. The third-order valence-corrected chi connectivity index (χ3v) is 3.72. The summed E-state index contributed by atoms with van der Waals surface area (Å²) < 4.78 is 19.1. The summed E-state index contributed by atoms with van der Waals surface area (Å²) in [6, 6.07) is 1.40. The summed E-state index contributed by atoms with van der Waals surface area (Å²) >= 11 is 0.